The van der Waals surface area contributed by atoms with E-state index in [1.165, 1.54) is 0 Å². The number of hydrogen-bond donors (Lipinski definition) is 1. The van der Waals surface area contributed by atoms with Crippen LogP contribution in [0.2, 0.25) is 36.3 Å². The Hall–Kier alpha value is -1.22. The van der Waals surface area contributed by atoms with Crippen molar-refractivity contribution in [1.29, 1.82) is 0 Å². The number of esters is 1. The average molecular weight is 765 g/mol. The zero-order valence-corrected chi connectivity index (χ0v) is 37.0. The lowest BCUT2D eigenvalue weighted by atomic mass is 9.73. The van der Waals surface area contributed by atoms with Crippen LogP contribution >= 0.6 is 11.3 Å². The molecule has 1 N–H and O–H groups in total. The minimum absolute atomic E-state index is 0.0207. The Morgan fingerprint density at radius 1 is 1.00 bits per heavy atom. The molecule has 0 radical (unpaired) electrons. The van der Waals surface area contributed by atoms with Gasteiger partial charge in [0.2, 0.25) is 0 Å². The monoisotopic (exact) mass is 764 g/mol. The van der Waals surface area contributed by atoms with Gasteiger partial charge < -0.3 is 18.7 Å². The number of hydrogen-bond acceptors (Lipinski definition) is 9. The van der Waals surface area contributed by atoms with Gasteiger partial charge in [0.15, 0.2) is 16.6 Å². The SMILES string of the molecule is CC[Si](CC)(CC)O[C@H]1[C@@H](C)CCC[C@@H]2C(CC(/C(C)=C/c3csc(C)n3)OC(=O)C[C@H](O[Si](CC)(CC)CC)C(C)(C)C(=O)[C@@H]1C)N2CCO. The van der Waals surface area contributed by atoms with Crippen molar-refractivity contribution in [2.75, 3.05) is 13.2 Å². The van der Waals surface area contributed by atoms with E-state index in [0.29, 0.717) is 19.0 Å². The predicted octanol–water partition coefficient (Wildman–Crippen LogP) is 9.42. The zero-order chi connectivity index (χ0) is 38.1. The number of ketones is 1. The second-order valence-electron chi connectivity index (χ2n) is 16.2. The van der Waals surface area contributed by atoms with E-state index in [0.717, 1.165) is 71.8 Å². The van der Waals surface area contributed by atoms with Crippen LogP contribution in [0.1, 0.15) is 119 Å². The Labute approximate surface area is 316 Å². The lowest BCUT2D eigenvalue weighted by Crippen LogP contribution is -2.53. The average Bonchev–Trinajstić information content (AvgIpc) is 3.57. The van der Waals surface area contributed by atoms with Crippen molar-refractivity contribution in [3.05, 3.63) is 21.7 Å². The van der Waals surface area contributed by atoms with Crippen LogP contribution in [0, 0.1) is 24.2 Å². The summed E-state index contributed by atoms with van der Waals surface area (Å²) in [5.41, 5.74) is 0.896. The molecule has 3 unspecified atom stereocenters. The number of Topliss-reactive ketones (excluding diaryl/α,β-unsaturated/α-hetero) is 1. The molecule has 1 aromatic rings. The third-order valence-corrected chi connectivity index (χ3v) is 23.0. The first-order valence-electron chi connectivity index (χ1n) is 20.2. The topological polar surface area (TPSA) is 98.0 Å². The van der Waals surface area contributed by atoms with Gasteiger partial charge in [0, 0.05) is 41.8 Å². The van der Waals surface area contributed by atoms with Crippen LogP contribution in [0.3, 0.4) is 0 Å². The van der Waals surface area contributed by atoms with Crippen LogP contribution in [0.4, 0.5) is 0 Å². The highest BCUT2D eigenvalue weighted by atomic mass is 32.1. The largest absolute Gasteiger partial charge is 0.458 e. The normalized spacial score (nSPS) is 30.2. The van der Waals surface area contributed by atoms with E-state index in [1.54, 1.807) is 11.3 Å². The molecule has 51 heavy (non-hydrogen) atoms. The third-order valence-electron chi connectivity index (χ3n) is 12.9. The predicted molar refractivity (Wildman–Crippen MR) is 216 cm³/mol. The number of aryl methyl sites for hydroxylation is 1. The van der Waals surface area contributed by atoms with E-state index in [4.69, 9.17) is 13.6 Å². The van der Waals surface area contributed by atoms with E-state index in [9.17, 15) is 14.7 Å². The zero-order valence-electron chi connectivity index (χ0n) is 34.2. The smallest absolute Gasteiger partial charge is 0.309 e. The Balaban J connectivity index is 2.11. The van der Waals surface area contributed by atoms with Crippen molar-refractivity contribution in [2.24, 2.45) is 17.3 Å². The number of nitrogens with zero attached hydrogens (tertiary/aromatic N) is 2. The van der Waals surface area contributed by atoms with Gasteiger partial charge in [-0.15, -0.1) is 11.3 Å². The molecule has 2 aliphatic heterocycles. The second-order valence-corrected chi connectivity index (χ2v) is 26.7. The molecule has 8 atom stereocenters. The second kappa shape index (κ2) is 19.4. The van der Waals surface area contributed by atoms with Crippen LogP contribution in [0.5, 0.6) is 0 Å². The van der Waals surface area contributed by atoms with Crippen molar-refractivity contribution < 1.29 is 28.3 Å². The molecule has 0 bridgehead atoms. The molecule has 0 aliphatic carbocycles. The van der Waals surface area contributed by atoms with Crippen molar-refractivity contribution in [1.82, 2.24) is 9.88 Å². The summed E-state index contributed by atoms with van der Waals surface area (Å²) in [6.45, 7) is 26.4. The fraction of sp³-hybridized carbons (Fsp3) is 0.825. The van der Waals surface area contributed by atoms with Gasteiger partial charge in [0.05, 0.1) is 35.9 Å². The summed E-state index contributed by atoms with van der Waals surface area (Å²) < 4.78 is 20.9. The summed E-state index contributed by atoms with van der Waals surface area (Å²) in [4.78, 5) is 36.2. The first-order valence-corrected chi connectivity index (χ1v) is 26.1. The number of cyclic esters (lactones) is 1. The van der Waals surface area contributed by atoms with Gasteiger partial charge in [-0.2, -0.15) is 0 Å². The number of rotatable bonds is 14. The minimum atomic E-state index is -2.23. The molecule has 292 valence electrons. The summed E-state index contributed by atoms with van der Waals surface area (Å²) >= 11 is 1.60. The number of ether oxygens (including phenoxy) is 1. The number of aromatic nitrogens is 1. The summed E-state index contributed by atoms with van der Waals surface area (Å²) in [7, 11) is -4.27. The summed E-state index contributed by atoms with van der Waals surface area (Å²) in [5, 5.41) is 13.0. The highest BCUT2D eigenvalue weighted by molar-refractivity contribution is 7.09. The van der Waals surface area contributed by atoms with E-state index in [2.05, 4.69) is 65.3 Å². The van der Waals surface area contributed by atoms with Crippen molar-refractivity contribution >= 4 is 45.8 Å². The summed E-state index contributed by atoms with van der Waals surface area (Å²) in [6.07, 6.45) is 4.45. The lowest BCUT2D eigenvalue weighted by Gasteiger charge is -2.44. The molecule has 1 aromatic heterocycles. The van der Waals surface area contributed by atoms with Gasteiger partial charge in [-0.1, -0.05) is 75.7 Å². The Morgan fingerprint density at radius 2 is 1.59 bits per heavy atom. The summed E-state index contributed by atoms with van der Waals surface area (Å²) in [5.74, 6) is -0.362. The molecule has 0 aromatic carbocycles. The molecule has 0 spiro atoms. The van der Waals surface area contributed by atoms with Crippen molar-refractivity contribution in [2.45, 2.75) is 182 Å². The van der Waals surface area contributed by atoms with Crippen LogP contribution in [-0.2, 0) is 23.2 Å². The highest BCUT2D eigenvalue weighted by Gasteiger charge is 2.50. The number of thiazole rings is 1. The molecule has 0 amide bonds. The van der Waals surface area contributed by atoms with Gasteiger partial charge in [-0.3, -0.25) is 14.5 Å². The molecule has 0 saturated carbocycles. The summed E-state index contributed by atoms with van der Waals surface area (Å²) in [6, 6.07) is 6.39. The first-order chi connectivity index (χ1) is 24.1. The minimum Gasteiger partial charge on any atom is -0.458 e. The number of carbonyl (C=O) groups excluding carboxylic acids is 2. The first kappa shape index (κ1) is 44.2. The standard InChI is InChI=1S/C40H72N2O6SSi2/c1-13-50(14-2,15-3)47-36-26-37(44)46-35(29(8)24-32-27-49-31(10)41-32)25-34-33(42(34)22-23-43)21-19-20-28(7)38(30(9)39(45)40(36,11)12)48-51(16-4,17-5)18-6/h24,27-28,30,33-36,38,43H,13-23,25-26H2,1-12H3/b29-24+/t28-,30+,33+,34?,35?,36-,38-,42?/m0/s1. The third kappa shape index (κ3) is 10.9. The maximum atomic E-state index is 15.0. The lowest BCUT2D eigenvalue weighted by molar-refractivity contribution is -0.153. The van der Waals surface area contributed by atoms with Crippen LogP contribution in [0.25, 0.3) is 6.08 Å². The molecular weight excluding hydrogens is 693 g/mol. The molecular formula is C40H72N2O6SSi2. The van der Waals surface area contributed by atoms with E-state index in [1.807, 2.05) is 39.2 Å². The maximum Gasteiger partial charge on any atom is 0.309 e. The number of aliphatic hydroxyl groups excluding tert-OH is 1. The van der Waals surface area contributed by atoms with E-state index >= 15 is 0 Å². The van der Waals surface area contributed by atoms with Gasteiger partial charge in [0.25, 0.3) is 0 Å². The van der Waals surface area contributed by atoms with Crippen LogP contribution < -0.4 is 0 Å². The molecule has 3 rings (SSSR count). The molecule has 3 heterocycles. The molecule has 2 saturated heterocycles. The van der Waals surface area contributed by atoms with E-state index in [-0.39, 0.29) is 48.8 Å². The molecule has 2 fully saturated rings. The van der Waals surface area contributed by atoms with Gasteiger partial charge in [-0.25, -0.2) is 4.98 Å². The maximum absolute atomic E-state index is 15.0. The molecule has 2 aliphatic rings. The van der Waals surface area contributed by atoms with Gasteiger partial charge >= 0.3 is 5.97 Å². The Morgan fingerprint density at radius 3 is 2.12 bits per heavy atom. The Bertz CT molecular complexity index is 1280. The Kier molecular flexibility index (Phi) is 16.8. The number of fused-ring (bicyclic) bond motifs is 1. The van der Waals surface area contributed by atoms with Crippen LogP contribution in [-0.4, -0.2) is 86.9 Å². The number of β-amino-alcohol motifs (C(OH)–C–C–N with tert-alkyl or cyclic N) is 1. The molecule has 8 nitrogen and oxygen atoms in total. The fourth-order valence-electron chi connectivity index (χ4n) is 8.62. The quantitative estimate of drug-likeness (QED) is 0.114. The van der Waals surface area contributed by atoms with E-state index < -0.39 is 34.3 Å². The highest BCUT2D eigenvalue weighted by Crippen LogP contribution is 2.42. The fourth-order valence-corrected chi connectivity index (χ4v) is 15.2. The van der Waals surface area contributed by atoms with Crippen LogP contribution in [0.15, 0.2) is 11.0 Å². The molecule has 11 heteroatoms. The van der Waals surface area contributed by atoms with Gasteiger partial charge in [0.1, 0.15) is 11.9 Å². The number of aliphatic hydroxyl groups is 1. The van der Waals surface area contributed by atoms with Crippen molar-refractivity contribution in [3.63, 3.8) is 0 Å². The van der Waals surface area contributed by atoms with Gasteiger partial charge in [-0.05, 0) is 80.5 Å². The van der Waals surface area contributed by atoms with Crippen molar-refractivity contribution in [3.8, 4) is 0 Å². The number of carbonyl (C=O) groups is 2.